The SMILES string of the molecule is CC(C)c1ccc(N2CCC3(CCNCC3S(=O)(=O)c3ccccc3)C2=O)cn1. The Morgan fingerprint density at radius 2 is 1.90 bits per heavy atom. The van der Waals surface area contributed by atoms with Crippen molar-refractivity contribution in [2.45, 2.75) is 42.8 Å². The second-order valence-electron chi connectivity index (χ2n) is 8.26. The maximum Gasteiger partial charge on any atom is 0.234 e. The predicted molar refractivity (Wildman–Crippen MR) is 113 cm³/mol. The number of carbonyl (C=O) groups is 1. The van der Waals surface area contributed by atoms with Crippen molar-refractivity contribution in [2.75, 3.05) is 24.5 Å². The summed E-state index contributed by atoms with van der Waals surface area (Å²) in [5.41, 5.74) is 0.823. The number of amides is 1. The molecule has 0 radical (unpaired) electrons. The summed E-state index contributed by atoms with van der Waals surface area (Å²) in [6.45, 7) is 5.60. The van der Waals surface area contributed by atoms with E-state index in [-0.39, 0.29) is 10.8 Å². The quantitative estimate of drug-likeness (QED) is 0.834. The van der Waals surface area contributed by atoms with Gasteiger partial charge in [-0.3, -0.25) is 9.78 Å². The zero-order chi connectivity index (χ0) is 20.6. The highest BCUT2D eigenvalue weighted by molar-refractivity contribution is 7.92. The van der Waals surface area contributed by atoms with Gasteiger partial charge in [-0.1, -0.05) is 32.0 Å². The van der Waals surface area contributed by atoms with Crippen LogP contribution in [0.2, 0.25) is 0 Å². The lowest BCUT2D eigenvalue weighted by Crippen LogP contribution is -2.56. The third-order valence-corrected chi connectivity index (χ3v) is 8.56. The molecule has 2 aliphatic heterocycles. The van der Waals surface area contributed by atoms with Gasteiger partial charge >= 0.3 is 0 Å². The van der Waals surface area contributed by atoms with E-state index >= 15 is 0 Å². The molecule has 2 aliphatic rings. The minimum Gasteiger partial charge on any atom is -0.315 e. The summed E-state index contributed by atoms with van der Waals surface area (Å²) in [7, 11) is -3.64. The molecule has 0 aliphatic carbocycles. The van der Waals surface area contributed by atoms with Crippen LogP contribution in [0.15, 0.2) is 53.6 Å². The van der Waals surface area contributed by atoms with Crippen molar-refractivity contribution in [3.63, 3.8) is 0 Å². The molecule has 7 heteroatoms. The van der Waals surface area contributed by atoms with Crippen LogP contribution in [0.4, 0.5) is 5.69 Å². The molecular formula is C22H27N3O3S. The van der Waals surface area contributed by atoms with Crippen LogP contribution in [-0.2, 0) is 14.6 Å². The number of nitrogens with zero attached hydrogens (tertiary/aromatic N) is 2. The molecule has 2 atom stereocenters. The average Bonchev–Trinajstić information content (AvgIpc) is 3.05. The summed E-state index contributed by atoms with van der Waals surface area (Å²) < 4.78 is 26.9. The van der Waals surface area contributed by atoms with Crippen molar-refractivity contribution in [2.24, 2.45) is 5.41 Å². The summed E-state index contributed by atoms with van der Waals surface area (Å²) in [6, 6.07) is 12.3. The Morgan fingerprint density at radius 3 is 2.55 bits per heavy atom. The van der Waals surface area contributed by atoms with Gasteiger partial charge in [0.15, 0.2) is 9.84 Å². The Morgan fingerprint density at radius 1 is 1.14 bits per heavy atom. The van der Waals surface area contributed by atoms with E-state index < -0.39 is 20.5 Å². The van der Waals surface area contributed by atoms with E-state index in [2.05, 4.69) is 24.1 Å². The molecular weight excluding hydrogens is 386 g/mol. The van der Waals surface area contributed by atoms with Crippen molar-refractivity contribution in [3.8, 4) is 0 Å². The lowest BCUT2D eigenvalue weighted by Gasteiger charge is -2.39. The van der Waals surface area contributed by atoms with E-state index in [0.717, 1.165) is 11.4 Å². The number of nitrogens with one attached hydrogen (secondary N) is 1. The van der Waals surface area contributed by atoms with Crippen molar-refractivity contribution in [1.29, 1.82) is 0 Å². The Balaban J connectivity index is 1.68. The number of pyridine rings is 1. The maximum absolute atomic E-state index is 13.6. The van der Waals surface area contributed by atoms with Gasteiger partial charge in [0.2, 0.25) is 5.91 Å². The first kappa shape index (κ1) is 20.0. The van der Waals surface area contributed by atoms with Crippen molar-refractivity contribution < 1.29 is 13.2 Å². The standard InChI is InChI=1S/C22H27N3O3S/c1-16(2)19-9-8-17(14-24-19)25-13-11-22(21(25)26)10-12-23-15-20(22)29(27,28)18-6-4-3-5-7-18/h3-9,14,16,20,23H,10-13,15H2,1-2H3. The van der Waals surface area contributed by atoms with Crippen LogP contribution in [-0.4, -0.2) is 44.2 Å². The number of hydrogen-bond donors (Lipinski definition) is 1. The summed E-state index contributed by atoms with van der Waals surface area (Å²) in [5.74, 6) is 0.220. The fourth-order valence-corrected chi connectivity index (χ4v) is 6.68. The molecule has 0 bridgehead atoms. The van der Waals surface area contributed by atoms with Gasteiger partial charge in [0.1, 0.15) is 0 Å². The van der Waals surface area contributed by atoms with Gasteiger partial charge in [-0.2, -0.15) is 0 Å². The van der Waals surface area contributed by atoms with Crippen molar-refractivity contribution >= 4 is 21.4 Å². The topological polar surface area (TPSA) is 79.4 Å². The van der Waals surface area contributed by atoms with Crippen LogP contribution in [0.1, 0.15) is 38.3 Å². The lowest BCUT2D eigenvalue weighted by atomic mass is 9.77. The van der Waals surface area contributed by atoms with Crippen molar-refractivity contribution in [1.82, 2.24) is 10.3 Å². The van der Waals surface area contributed by atoms with E-state index in [0.29, 0.717) is 38.4 Å². The summed E-state index contributed by atoms with van der Waals surface area (Å²) >= 11 is 0. The highest BCUT2D eigenvalue weighted by Gasteiger charge is 2.57. The minimum absolute atomic E-state index is 0.0948. The number of anilines is 1. The van der Waals surface area contributed by atoms with Gasteiger partial charge in [0.25, 0.3) is 0 Å². The number of rotatable bonds is 4. The molecule has 1 aromatic carbocycles. The molecule has 2 unspecified atom stereocenters. The molecule has 29 heavy (non-hydrogen) atoms. The highest BCUT2D eigenvalue weighted by atomic mass is 32.2. The Kier molecular flexibility index (Phi) is 5.21. The first-order valence-corrected chi connectivity index (χ1v) is 11.7. The fraction of sp³-hybridized carbons (Fsp3) is 0.455. The van der Waals surface area contributed by atoms with Crippen LogP contribution in [0.3, 0.4) is 0 Å². The zero-order valence-electron chi connectivity index (χ0n) is 16.8. The second kappa shape index (κ2) is 7.54. The second-order valence-corrected chi connectivity index (χ2v) is 10.4. The number of carbonyl (C=O) groups excluding carboxylic acids is 1. The summed E-state index contributed by atoms with van der Waals surface area (Å²) in [4.78, 5) is 20.1. The molecule has 0 saturated carbocycles. The number of hydrogen-bond acceptors (Lipinski definition) is 5. The minimum atomic E-state index is -3.64. The average molecular weight is 414 g/mol. The molecule has 1 amide bonds. The largest absolute Gasteiger partial charge is 0.315 e. The van der Waals surface area contributed by atoms with E-state index in [4.69, 9.17) is 0 Å². The van der Waals surface area contributed by atoms with Crippen LogP contribution in [0.5, 0.6) is 0 Å². The Bertz CT molecular complexity index is 990. The first-order chi connectivity index (χ1) is 13.9. The van der Waals surface area contributed by atoms with E-state index in [1.165, 1.54) is 0 Å². The molecule has 1 spiro atoms. The number of benzene rings is 1. The summed E-state index contributed by atoms with van der Waals surface area (Å²) in [6.07, 6.45) is 2.79. The van der Waals surface area contributed by atoms with E-state index in [1.807, 2.05) is 12.1 Å². The third-order valence-electron chi connectivity index (χ3n) is 6.27. The maximum atomic E-state index is 13.6. The van der Waals surface area contributed by atoms with Gasteiger partial charge < -0.3 is 10.2 Å². The molecule has 1 N–H and O–H groups in total. The first-order valence-electron chi connectivity index (χ1n) is 10.1. The smallest absolute Gasteiger partial charge is 0.234 e. The van der Waals surface area contributed by atoms with Crippen LogP contribution in [0.25, 0.3) is 0 Å². The van der Waals surface area contributed by atoms with Crippen molar-refractivity contribution in [3.05, 3.63) is 54.4 Å². The van der Waals surface area contributed by atoms with Gasteiger partial charge in [0, 0.05) is 18.8 Å². The number of aromatic nitrogens is 1. The zero-order valence-corrected chi connectivity index (χ0v) is 17.7. The normalized spacial score (nSPS) is 25.1. The summed E-state index contributed by atoms with van der Waals surface area (Å²) in [5, 5.41) is 2.42. The van der Waals surface area contributed by atoms with Crippen LogP contribution >= 0.6 is 0 Å². The van der Waals surface area contributed by atoms with Gasteiger partial charge in [-0.05, 0) is 49.6 Å². The molecule has 6 nitrogen and oxygen atoms in total. The molecule has 2 aromatic rings. The van der Waals surface area contributed by atoms with Crippen LogP contribution in [0, 0.1) is 5.41 Å². The van der Waals surface area contributed by atoms with Gasteiger partial charge in [0.05, 0.1) is 27.4 Å². The third kappa shape index (κ3) is 3.36. The van der Waals surface area contributed by atoms with Gasteiger partial charge in [-0.25, -0.2) is 8.42 Å². The number of piperidine rings is 1. The van der Waals surface area contributed by atoms with Gasteiger partial charge in [-0.15, -0.1) is 0 Å². The molecule has 2 saturated heterocycles. The lowest BCUT2D eigenvalue weighted by molar-refractivity contribution is -0.126. The molecule has 3 heterocycles. The monoisotopic (exact) mass is 413 g/mol. The molecule has 4 rings (SSSR count). The van der Waals surface area contributed by atoms with E-state index in [9.17, 15) is 13.2 Å². The molecule has 2 fully saturated rings. The fourth-order valence-electron chi connectivity index (χ4n) is 4.55. The molecule has 154 valence electrons. The Labute approximate surface area is 172 Å². The Hall–Kier alpha value is -2.25. The number of sulfone groups is 1. The highest BCUT2D eigenvalue weighted by Crippen LogP contribution is 2.45. The molecule has 1 aromatic heterocycles. The van der Waals surface area contributed by atoms with E-state index in [1.54, 1.807) is 41.4 Å². The predicted octanol–water partition coefficient (Wildman–Crippen LogP) is 2.76. The van der Waals surface area contributed by atoms with Crippen LogP contribution < -0.4 is 10.2 Å².